The third kappa shape index (κ3) is 1.94. The quantitative estimate of drug-likeness (QED) is 0.904. The summed E-state index contributed by atoms with van der Waals surface area (Å²) in [6, 6.07) is 15.8. The standard InChI is InChI=1S/C17H19N3/c1-20-10-9-18-17(20)19-16-11-15(16)14-8-4-6-12-5-2-3-7-13(12)14/h2-8,15-16H,9-11H2,1H3,(H,18,19)/t15-,16+/m0/s1. The molecule has 1 aliphatic heterocycles. The largest absolute Gasteiger partial charge is 0.353 e. The lowest BCUT2D eigenvalue weighted by Gasteiger charge is -2.15. The first-order valence-electron chi connectivity index (χ1n) is 7.33. The van der Waals surface area contributed by atoms with Gasteiger partial charge < -0.3 is 10.2 Å². The first kappa shape index (κ1) is 11.8. The fourth-order valence-electron chi connectivity index (χ4n) is 3.13. The van der Waals surface area contributed by atoms with Gasteiger partial charge in [0, 0.05) is 25.6 Å². The molecule has 0 spiro atoms. The molecule has 0 unspecified atom stereocenters. The van der Waals surface area contributed by atoms with Crippen LogP contribution in [0, 0.1) is 0 Å². The molecule has 0 aromatic heterocycles. The molecule has 4 rings (SSSR count). The van der Waals surface area contributed by atoms with Gasteiger partial charge in [-0.05, 0) is 22.8 Å². The summed E-state index contributed by atoms with van der Waals surface area (Å²) in [7, 11) is 2.11. The van der Waals surface area contributed by atoms with E-state index in [0.29, 0.717) is 12.0 Å². The van der Waals surface area contributed by atoms with E-state index < -0.39 is 0 Å². The molecule has 1 aliphatic carbocycles. The fraction of sp³-hybridized carbons (Fsp3) is 0.353. The molecule has 2 atom stereocenters. The highest BCUT2D eigenvalue weighted by molar-refractivity contribution is 5.87. The highest BCUT2D eigenvalue weighted by atomic mass is 15.3. The van der Waals surface area contributed by atoms with Crippen molar-refractivity contribution in [2.75, 3.05) is 20.1 Å². The fourth-order valence-corrected chi connectivity index (χ4v) is 3.13. The summed E-state index contributed by atoms with van der Waals surface area (Å²) in [5.74, 6) is 1.69. The van der Waals surface area contributed by atoms with Crippen LogP contribution in [0.4, 0.5) is 0 Å². The molecule has 1 N–H and O–H groups in total. The Balaban J connectivity index is 1.57. The van der Waals surface area contributed by atoms with Crippen LogP contribution in [0.1, 0.15) is 17.9 Å². The zero-order valence-electron chi connectivity index (χ0n) is 11.7. The van der Waals surface area contributed by atoms with E-state index in [1.807, 2.05) is 0 Å². The van der Waals surface area contributed by atoms with Gasteiger partial charge in [-0.2, -0.15) is 0 Å². The zero-order chi connectivity index (χ0) is 13.5. The molecular weight excluding hydrogens is 246 g/mol. The van der Waals surface area contributed by atoms with Crippen molar-refractivity contribution in [2.24, 2.45) is 4.99 Å². The Morgan fingerprint density at radius 3 is 2.85 bits per heavy atom. The van der Waals surface area contributed by atoms with Gasteiger partial charge in [0.15, 0.2) is 5.96 Å². The molecule has 3 nitrogen and oxygen atoms in total. The van der Waals surface area contributed by atoms with Gasteiger partial charge in [-0.15, -0.1) is 0 Å². The maximum atomic E-state index is 4.52. The lowest BCUT2D eigenvalue weighted by atomic mass is 10.0. The predicted octanol–water partition coefficient (Wildman–Crippen LogP) is 2.59. The van der Waals surface area contributed by atoms with Crippen molar-refractivity contribution in [1.82, 2.24) is 10.2 Å². The lowest BCUT2D eigenvalue weighted by molar-refractivity contribution is 0.532. The molecule has 102 valence electrons. The minimum Gasteiger partial charge on any atom is -0.353 e. The maximum absolute atomic E-state index is 4.52. The van der Waals surface area contributed by atoms with Crippen LogP contribution >= 0.6 is 0 Å². The van der Waals surface area contributed by atoms with Crippen LogP contribution in [-0.2, 0) is 0 Å². The van der Waals surface area contributed by atoms with Crippen LogP contribution in [0.2, 0.25) is 0 Å². The van der Waals surface area contributed by atoms with E-state index in [2.05, 4.69) is 64.7 Å². The number of hydrogen-bond acceptors (Lipinski definition) is 3. The molecule has 0 radical (unpaired) electrons. The molecule has 0 bridgehead atoms. The third-order valence-electron chi connectivity index (χ3n) is 4.39. The van der Waals surface area contributed by atoms with Crippen LogP contribution in [-0.4, -0.2) is 37.0 Å². The minimum absolute atomic E-state index is 0.542. The Bertz CT molecular complexity index is 671. The molecule has 3 heteroatoms. The van der Waals surface area contributed by atoms with E-state index in [1.165, 1.54) is 22.8 Å². The van der Waals surface area contributed by atoms with Gasteiger partial charge in [0.1, 0.15) is 0 Å². The first-order chi connectivity index (χ1) is 9.83. The van der Waals surface area contributed by atoms with Crippen molar-refractivity contribution >= 4 is 16.7 Å². The van der Waals surface area contributed by atoms with E-state index in [4.69, 9.17) is 0 Å². The maximum Gasteiger partial charge on any atom is 0.194 e. The number of nitrogens with one attached hydrogen (secondary N) is 1. The SMILES string of the molecule is CN1CCN=C1N[C@@H]1C[C@H]1c1cccc2ccccc12. The summed E-state index contributed by atoms with van der Waals surface area (Å²) in [4.78, 5) is 6.73. The van der Waals surface area contributed by atoms with Crippen molar-refractivity contribution in [3.05, 3.63) is 48.0 Å². The number of likely N-dealkylation sites (N-methyl/N-ethyl adjacent to an activating group) is 1. The van der Waals surface area contributed by atoms with Crippen molar-refractivity contribution in [3.63, 3.8) is 0 Å². The van der Waals surface area contributed by atoms with E-state index in [0.717, 1.165) is 19.0 Å². The van der Waals surface area contributed by atoms with Crippen molar-refractivity contribution in [2.45, 2.75) is 18.4 Å². The molecule has 1 fully saturated rings. The first-order valence-corrected chi connectivity index (χ1v) is 7.33. The van der Waals surface area contributed by atoms with Crippen LogP contribution < -0.4 is 5.32 Å². The van der Waals surface area contributed by atoms with Crippen LogP contribution in [0.3, 0.4) is 0 Å². The third-order valence-corrected chi connectivity index (χ3v) is 4.39. The second-order valence-corrected chi connectivity index (χ2v) is 5.79. The molecule has 2 aliphatic rings. The Kier molecular flexibility index (Phi) is 2.66. The van der Waals surface area contributed by atoms with Gasteiger partial charge in [-0.25, -0.2) is 0 Å². The number of nitrogens with zero attached hydrogens (tertiary/aromatic N) is 2. The van der Waals surface area contributed by atoms with Gasteiger partial charge in [0.25, 0.3) is 0 Å². The number of rotatable bonds is 2. The number of benzene rings is 2. The molecule has 20 heavy (non-hydrogen) atoms. The monoisotopic (exact) mass is 265 g/mol. The van der Waals surface area contributed by atoms with Gasteiger partial charge in [0.2, 0.25) is 0 Å². The topological polar surface area (TPSA) is 27.6 Å². The molecular formula is C17H19N3. The van der Waals surface area contributed by atoms with Crippen LogP contribution in [0.25, 0.3) is 10.8 Å². The lowest BCUT2D eigenvalue weighted by Crippen LogP contribution is -2.37. The highest BCUT2D eigenvalue weighted by Crippen LogP contribution is 2.43. The van der Waals surface area contributed by atoms with Gasteiger partial charge in [-0.3, -0.25) is 4.99 Å². The molecule has 2 aromatic carbocycles. The average molecular weight is 265 g/mol. The zero-order valence-corrected chi connectivity index (χ0v) is 11.7. The number of guanidine groups is 1. The van der Waals surface area contributed by atoms with Crippen LogP contribution in [0.5, 0.6) is 0 Å². The molecule has 0 amide bonds. The second kappa shape index (κ2) is 4.51. The smallest absolute Gasteiger partial charge is 0.194 e. The number of fused-ring (bicyclic) bond motifs is 1. The van der Waals surface area contributed by atoms with E-state index >= 15 is 0 Å². The van der Waals surface area contributed by atoms with Gasteiger partial charge in [-0.1, -0.05) is 42.5 Å². The van der Waals surface area contributed by atoms with Crippen molar-refractivity contribution in [3.8, 4) is 0 Å². The summed E-state index contributed by atoms with van der Waals surface area (Å²) in [5, 5.41) is 6.33. The number of hydrogen-bond donors (Lipinski definition) is 1. The van der Waals surface area contributed by atoms with E-state index in [1.54, 1.807) is 0 Å². The highest BCUT2D eigenvalue weighted by Gasteiger charge is 2.40. The van der Waals surface area contributed by atoms with Gasteiger partial charge in [0.05, 0.1) is 6.54 Å². The van der Waals surface area contributed by atoms with Crippen molar-refractivity contribution in [1.29, 1.82) is 0 Å². The summed E-state index contributed by atoms with van der Waals surface area (Å²) in [6.07, 6.45) is 1.21. The van der Waals surface area contributed by atoms with Crippen molar-refractivity contribution < 1.29 is 0 Å². The Morgan fingerprint density at radius 2 is 2.00 bits per heavy atom. The van der Waals surface area contributed by atoms with Gasteiger partial charge >= 0.3 is 0 Å². The summed E-state index contributed by atoms with van der Waals surface area (Å²) in [6.45, 7) is 1.96. The molecule has 0 saturated heterocycles. The normalized spacial score (nSPS) is 24.9. The minimum atomic E-state index is 0.542. The Morgan fingerprint density at radius 1 is 1.15 bits per heavy atom. The molecule has 1 heterocycles. The Labute approximate surface area is 119 Å². The average Bonchev–Trinajstić information content (AvgIpc) is 3.13. The van der Waals surface area contributed by atoms with E-state index in [-0.39, 0.29) is 0 Å². The number of aliphatic imine (C=N–C) groups is 1. The Hall–Kier alpha value is -2.03. The molecule has 2 aromatic rings. The summed E-state index contributed by atoms with van der Waals surface area (Å²) in [5.41, 5.74) is 1.47. The predicted molar refractivity (Wildman–Crippen MR) is 83.2 cm³/mol. The van der Waals surface area contributed by atoms with E-state index in [9.17, 15) is 0 Å². The second-order valence-electron chi connectivity index (χ2n) is 5.79. The molecule has 1 saturated carbocycles. The summed E-state index contributed by atoms with van der Waals surface area (Å²) < 4.78 is 0. The summed E-state index contributed by atoms with van der Waals surface area (Å²) >= 11 is 0. The van der Waals surface area contributed by atoms with Crippen LogP contribution in [0.15, 0.2) is 47.5 Å².